The first-order valence-corrected chi connectivity index (χ1v) is 6.96. The molecule has 1 heterocycles. The fourth-order valence-corrected chi connectivity index (χ4v) is 2.72. The normalized spacial score (nSPS) is 24.3. The van der Waals surface area contributed by atoms with Gasteiger partial charge in [0, 0.05) is 24.3 Å². The summed E-state index contributed by atoms with van der Waals surface area (Å²) in [6.45, 7) is 6.61. The summed E-state index contributed by atoms with van der Waals surface area (Å²) in [5.41, 5.74) is 1.14. The molecule has 1 saturated heterocycles. The molecule has 1 N–H and O–H groups in total. The van der Waals surface area contributed by atoms with E-state index in [4.69, 9.17) is 0 Å². The van der Waals surface area contributed by atoms with Gasteiger partial charge in [-0.05, 0) is 57.0 Å². The standard InChI is InChI=1S/C15H23FN2/c1-3-9-17-14-8-10-18(12(2)11-14)15-6-4-13(16)5-7-15/h4-7,12,14,17H,3,8-11H2,1-2H3. The molecule has 0 aliphatic carbocycles. The maximum Gasteiger partial charge on any atom is 0.123 e. The molecular weight excluding hydrogens is 227 g/mol. The lowest BCUT2D eigenvalue weighted by molar-refractivity contribution is 0.368. The first-order chi connectivity index (χ1) is 8.70. The molecule has 2 nitrogen and oxygen atoms in total. The van der Waals surface area contributed by atoms with E-state index < -0.39 is 0 Å². The van der Waals surface area contributed by atoms with Gasteiger partial charge in [0.25, 0.3) is 0 Å². The number of halogens is 1. The van der Waals surface area contributed by atoms with Crippen LogP contribution in [0.5, 0.6) is 0 Å². The Morgan fingerprint density at radius 2 is 2.06 bits per heavy atom. The zero-order valence-electron chi connectivity index (χ0n) is 11.3. The summed E-state index contributed by atoms with van der Waals surface area (Å²) in [6, 6.07) is 8.00. The summed E-state index contributed by atoms with van der Waals surface area (Å²) in [6.07, 6.45) is 3.52. The summed E-state index contributed by atoms with van der Waals surface area (Å²) >= 11 is 0. The van der Waals surface area contributed by atoms with Gasteiger partial charge >= 0.3 is 0 Å². The quantitative estimate of drug-likeness (QED) is 0.883. The van der Waals surface area contributed by atoms with Crippen molar-refractivity contribution in [3.63, 3.8) is 0 Å². The van der Waals surface area contributed by atoms with Crippen LogP contribution in [0.4, 0.5) is 10.1 Å². The van der Waals surface area contributed by atoms with Crippen molar-refractivity contribution in [2.75, 3.05) is 18.0 Å². The van der Waals surface area contributed by atoms with Crippen molar-refractivity contribution >= 4 is 5.69 Å². The largest absolute Gasteiger partial charge is 0.369 e. The van der Waals surface area contributed by atoms with Gasteiger partial charge in [0.1, 0.15) is 5.82 Å². The van der Waals surface area contributed by atoms with Crippen LogP contribution in [0.3, 0.4) is 0 Å². The van der Waals surface area contributed by atoms with Crippen molar-refractivity contribution in [1.29, 1.82) is 0 Å². The summed E-state index contributed by atoms with van der Waals surface area (Å²) in [5.74, 6) is -0.161. The van der Waals surface area contributed by atoms with E-state index in [9.17, 15) is 4.39 Å². The molecule has 0 saturated carbocycles. The van der Waals surface area contributed by atoms with Gasteiger partial charge in [0.05, 0.1) is 0 Å². The number of hydrogen-bond acceptors (Lipinski definition) is 2. The van der Waals surface area contributed by atoms with E-state index >= 15 is 0 Å². The molecule has 100 valence electrons. The first-order valence-electron chi connectivity index (χ1n) is 6.96. The SMILES string of the molecule is CCCNC1CCN(c2ccc(F)cc2)C(C)C1. The maximum absolute atomic E-state index is 12.9. The van der Waals surface area contributed by atoms with E-state index in [-0.39, 0.29) is 5.82 Å². The van der Waals surface area contributed by atoms with E-state index in [1.165, 1.54) is 12.8 Å². The predicted molar refractivity (Wildman–Crippen MR) is 74.5 cm³/mol. The van der Waals surface area contributed by atoms with Crippen LogP contribution in [-0.4, -0.2) is 25.2 Å². The van der Waals surface area contributed by atoms with E-state index in [1.807, 2.05) is 12.1 Å². The topological polar surface area (TPSA) is 15.3 Å². The number of rotatable bonds is 4. The molecule has 2 atom stereocenters. The molecule has 0 amide bonds. The molecule has 1 aliphatic rings. The smallest absolute Gasteiger partial charge is 0.123 e. The fraction of sp³-hybridized carbons (Fsp3) is 0.600. The molecule has 1 aromatic carbocycles. The van der Waals surface area contributed by atoms with Crippen molar-refractivity contribution in [1.82, 2.24) is 5.32 Å². The second-order valence-electron chi connectivity index (χ2n) is 5.19. The van der Waals surface area contributed by atoms with Gasteiger partial charge in [-0.25, -0.2) is 4.39 Å². The number of hydrogen-bond donors (Lipinski definition) is 1. The van der Waals surface area contributed by atoms with E-state index in [0.717, 1.165) is 25.2 Å². The van der Waals surface area contributed by atoms with Crippen molar-refractivity contribution in [2.24, 2.45) is 0 Å². The van der Waals surface area contributed by atoms with Gasteiger partial charge in [-0.3, -0.25) is 0 Å². The lowest BCUT2D eigenvalue weighted by Gasteiger charge is -2.39. The number of piperidine rings is 1. The van der Waals surface area contributed by atoms with Crippen LogP contribution in [0.1, 0.15) is 33.1 Å². The molecule has 1 fully saturated rings. The molecule has 3 heteroatoms. The monoisotopic (exact) mass is 250 g/mol. The minimum atomic E-state index is -0.161. The molecule has 1 aromatic rings. The molecule has 2 rings (SSSR count). The Bertz CT molecular complexity index is 363. The van der Waals surface area contributed by atoms with Crippen LogP contribution in [-0.2, 0) is 0 Å². The summed E-state index contributed by atoms with van der Waals surface area (Å²) in [5, 5.41) is 3.60. The Balaban J connectivity index is 1.94. The average Bonchev–Trinajstić information content (AvgIpc) is 2.38. The van der Waals surface area contributed by atoms with Crippen LogP contribution >= 0.6 is 0 Å². The van der Waals surface area contributed by atoms with Crippen molar-refractivity contribution in [3.8, 4) is 0 Å². The minimum absolute atomic E-state index is 0.161. The van der Waals surface area contributed by atoms with Crippen molar-refractivity contribution in [3.05, 3.63) is 30.1 Å². The molecule has 18 heavy (non-hydrogen) atoms. The Morgan fingerprint density at radius 3 is 2.67 bits per heavy atom. The van der Waals surface area contributed by atoms with E-state index in [1.54, 1.807) is 12.1 Å². The fourth-order valence-electron chi connectivity index (χ4n) is 2.72. The highest BCUT2D eigenvalue weighted by molar-refractivity contribution is 5.47. The highest BCUT2D eigenvalue weighted by Crippen LogP contribution is 2.24. The number of nitrogens with one attached hydrogen (secondary N) is 1. The van der Waals surface area contributed by atoms with Gasteiger partial charge in [-0.1, -0.05) is 6.92 Å². The molecule has 0 aromatic heterocycles. The second kappa shape index (κ2) is 6.19. The van der Waals surface area contributed by atoms with Gasteiger partial charge < -0.3 is 10.2 Å². The van der Waals surface area contributed by atoms with Crippen LogP contribution in [0.25, 0.3) is 0 Å². The van der Waals surface area contributed by atoms with Gasteiger partial charge in [0.15, 0.2) is 0 Å². The Hall–Kier alpha value is -1.09. The molecule has 0 spiro atoms. The number of nitrogens with zero attached hydrogens (tertiary/aromatic N) is 1. The zero-order valence-corrected chi connectivity index (χ0v) is 11.3. The third-order valence-corrected chi connectivity index (χ3v) is 3.72. The summed E-state index contributed by atoms with van der Waals surface area (Å²) in [4.78, 5) is 2.38. The third kappa shape index (κ3) is 3.22. The van der Waals surface area contributed by atoms with Gasteiger partial charge in [-0.2, -0.15) is 0 Å². The maximum atomic E-state index is 12.9. The molecule has 2 unspecified atom stereocenters. The molecule has 0 bridgehead atoms. The highest BCUT2D eigenvalue weighted by atomic mass is 19.1. The van der Waals surface area contributed by atoms with Gasteiger partial charge in [-0.15, -0.1) is 0 Å². The molecule has 1 aliphatic heterocycles. The highest BCUT2D eigenvalue weighted by Gasteiger charge is 2.24. The molecule has 0 radical (unpaired) electrons. The van der Waals surface area contributed by atoms with Crippen molar-refractivity contribution in [2.45, 2.75) is 45.2 Å². The Kier molecular flexibility index (Phi) is 4.59. The van der Waals surface area contributed by atoms with Crippen molar-refractivity contribution < 1.29 is 4.39 Å². The minimum Gasteiger partial charge on any atom is -0.369 e. The van der Waals surface area contributed by atoms with E-state index in [0.29, 0.717) is 12.1 Å². The lowest BCUT2D eigenvalue weighted by Crippen LogP contribution is -2.47. The lowest BCUT2D eigenvalue weighted by atomic mass is 9.97. The van der Waals surface area contributed by atoms with E-state index in [2.05, 4.69) is 24.1 Å². The van der Waals surface area contributed by atoms with Gasteiger partial charge in [0.2, 0.25) is 0 Å². The second-order valence-corrected chi connectivity index (χ2v) is 5.19. The summed E-state index contributed by atoms with van der Waals surface area (Å²) in [7, 11) is 0. The van der Waals surface area contributed by atoms with Crippen LogP contribution in [0, 0.1) is 5.82 Å². The summed E-state index contributed by atoms with van der Waals surface area (Å²) < 4.78 is 12.9. The predicted octanol–water partition coefficient (Wildman–Crippen LogP) is 3.18. The number of anilines is 1. The number of benzene rings is 1. The van der Waals surface area contributed by atoms with Crippen LogP contribution in [0.2, 0.25) is 0 Å². The van der Waals surface area contributed by atoms with Crippen LogP contribution in [0.15, 0.2) is 24.3 Å². The zero-order chi connectivity index (χ0) is 13.0. The molecular formula is C15H23FN2. The first kappa shape index (κ1) is 13.3. The Labute approximate surface area is 109 Å². The third-order valence-electron chi connectivity index (χ3n) is 3.72. The average molecular weight is 250 g/mol. The van der Waals surface area contributed by atoms with Crippen LogP contribution < -0.4 is 10.2 Å². The Morgan fingerprint density at radius 1 is 1.33 bits per heavy atom.